The lowest BCUT2D eigenvalue weighted by atomic mass is 10.2. The first-order chi connectivity index (χ1) is 6.17. The normalized spacial score (nSPS) is 24.7. The van der Waals surface area contributed by atoms with Crippen LogP contribution in [0.15, 0.2) is 0 Å². The average molecular weight is 185 g/mol. The summed E-state index contributed by atoms with van der Waals surface area (Å²) in [4.78, 5) is 0. The summed E-state index contributed by atoms with van der Waals surface area (Å²) < 4.78 is 0. The molecule has 1 fully saturated rings. The van der Waals surface area contributed by atoms with Crippen LogP contribution in [-0.2, 0) is 0 Å². The highest BCUT2D eigenvalue weighted by atomic mass is 16.2. The van der Waals surface area contributed by atoms with Crippen LogP contribution in [0.25, 0.3) is 0 Å². The molecular formula is C11H23NO. The largest absolute Gasteiger partial charge is 0.396 e. The number of aliphatic hydroxyl groups is 1. The smallest absolute Gasteiger partial charge is 0.0431 e. The van der Waals surface area contributed by atoms with Crippen molar-refractivity contribution in [3.8, 4) is 0 Å². The lowest BCUT2D eigenvalue weighted by Crippen LogP contribution is -2.21. The van der Waals surface area contributed by atoms with Crippen molar-refractivity contribution in [2.75, 3.05) is 13.2 Å². The molecule has 2 nitrogen and oxygen atoms in total. The Morgan fingerprint density at radius 1 is 1.23 bits per heavy atom. The van der Waals surface area contributed by atoms with Gasteiger partial charge in [0, 0.05) is 12.6 Å². The fraction of sp³-hybridized carbons (Fsp3) is 1.00. The molecule has 0 bridgehead atoms. The van der Waals surface area contributed by atoms with Crippen LogP contribution >= 0.6 is 0 Å². The van der Waals surface area contributed by atoms with E-state index in [0.29, 0.717) is 12.0 Å². The van der Waals surface area contributed by atoms with Gasteiger partial charge in [-0.1, -0.05) is 26.7 Å². The summed E-state index contributed by atoms with van der Waals surface area (Å²) in [6, 6.07) is 0.769. The molecule has 1 aliphatic carbocycles. The quantitative estimate of drug-likeness (QED) is 0.594. The molecule has 0 spiro atoms. The second-order valence-electron chi connectivity index (χ2n) is 4.84. The highest BCUT2D eigenvalue weighted by Crippen LogP contribution is 2.44. The zero-order valence-corrected chi connectivity index (χ0v) is 8.97. The van der Waals surface area contributed by atoms with Crippen molar-refractivity contribution in [3.63, 3.8) is 0 Å². The Bertz CT molecular complexity index is 145. The van der Waals surface area contributed by atoms with Crippen molar-refractivity contribution in [1.29, 1.82) is 0 Å². The molecule has 0 aromatic heterocycles. The molecule has 0 aliphatic heterocycles. The van der Waals surface area contributed by atoms with Crippen LogP contribution in [0.3, 0.4) is 0 Å². The first kappa shape index (κ1) is 11.0. The molecule has 0 heterocycles. The molecule has 1 saturated carbocycles. The molecular weight excluding hydrogens is 162 g/mol. The van der Waals surface area contributed by atoms with Gasteiger partial charge in [-0.05, 0) is 31.2 Å². The Kier molecular flexibility index (Phi) is 4.20. The molecule has 1 rings (SSSR count). The molecule has 2 heteroatoms. The van der Waals surface area contributed by atoms with E-state index in [4.69, 9.17) is 5.11 Å². The maximum absolute atomic E-state index is 8.57. The van der Waals surface area contributed by atoms with Crippen LogP contribution in [0, 0.1) is 5.41 Å². The maximum atomic E-state index is 8.57. The monoisotopic (exact) mass is 185 g/mol. The van der Waals surface area contributed by atoms with Gasteiger partial charge in [0.05, 0.1) is 0 Å². The Morgan fingerprint density at radius 2 is 1.85 bits per heavy atom. The SMILES string of the molecule is CC1(C)CC1NCCCCCCO. The third-order valence-electron chi connectivity index (χ3n) is 2.99. The number of rotatable bonds is 7. The molecule has 0 radical (unpaired) electrons. The van der Waals surface area contributed by atoms with Gasteiger partial charge in [0.2, 0.25) is 0 Å². The van der Waals surface area contributed by atoms with Gasteiger partial charge in [-0.2, -0.15) is 0 Å². The Hall–Kier alpha value is -0.0800. The van der Waals surface area contributed by atoms with E-state index in [0.717, 1.165) is 19.0 Å². The van der Waals surface area contributed by atoms with Gasteiger partial charge in [-0.25, -0.2) is 0 Å². The highest BCUT2D eigenvalue weighted by Gasteiger charge is 2.44. The fourth-order valence-corrected chi connectivity index (χ4v) is 1.68. The summed E-state index contributed by atoms with van der Waals surface area (Å²) in [5.74, 6) is 0. The number of nitrogens with one attached hydrogen (secondary N) is 1. The molecule has 0 saturated heterocycles. The zero-order chi connectivity index (χ0) is 9.73. The van der Waals surface area contributed by atoms with Gasteiger partial charge in [-0.3, -0.25) is 0 Å². The minimum Gasteiger partial charge on any atom is -0.396 e. The molecule has 1 unspecified atom stereocenters. The fourth-order valence-electron chi connectivity index (χ4n) is 1.68. The summed E-state index contributed by atoms with van der Waals surface area (Å²) in [5, 5.41) is 12.1. The van der Waals surface area contributed by atoms with Crippen LogP contribution in [0.5, 0.6) is 0 Å². The van der Waals surface area contributed by atoms with E-state index in [1.165, 1.54) is 25.7 Å². The zero-order valence-electron chi connectivity index (χ0n) is 8.97. The Balaban J connectivity index is 1.80. The average Bonchev–Trinajstić information content (AvgIpc) is 2.67. The van der Waals surface area contributed by atoms with Crippen molar-refractivity contribution in [2.24, 2.45) is 5.41 Å². The van der Waals surface area contributed by atoms with E-state index in [9.17, 15) is 0 Å². The standard InChI is InChI=1S/C11H23NO/c1-11(2)9-10(11)12-7-5-3-4-6-8-13/h10,12-13H,3-9H2,1-2H3. The number of aliphatic hydroxyl groups excluding tert-OH is 1. The molecule has 13 heavy (non-hydrogen) atoms. The van der Waals surface area contributed by atoms with Gasteiger partial charge in [0.25, 0.3) is 0 Å². The lowest BCUT2D eigenvalue weighted by Gasteiger charge is -2.05. The first-order valence-corrected chi connectivity index (χ1v) is 5.51. The minimum atomic E-state index is 0.350. The third-order valence-corrected chi connectivity index (χ3v) is 2.99. The van der Waals surface area contributed by atoms with Crippen molar-refractivity contribution in [3.05, 3.63) is 0 Å². The number of hydrogen-bond acceptors (Lipinski definition) is 2. The maximum Gasteiger partial charge on any atom is 0.0431 e. The van der Waals surface area contributed by atoms with Gasteiger partial charge < -0.3 is 10.4 Å². The molecule has 0 aromatic carbocycles. The summed E-state index contributed by atoms with van der Waals surface area (Å²) in [6.07, 6.45) is 5.98. The van der Waals surface area contributed by atoms with Crippen LogP contribution in [0.4, 0.5) is 0 Å². The van der Waals surface area contributed by atoms with Crippen LogP contribution < -0.4 is 5.32 Å². The summed E-state index contributed by atoms with van der Waals surface area (Å²) >= 11 is 0. The second kappa shape index (κ2) is 4.97. The molecule has 1 aliphatic rings. The van der Waals surface area contributed by atoms with E-state index >= 15 is 0 Å². The third kappa shape index (κ3) is 4.10. The van der Waals surface area contributed by atoms with Crippen molar-refractivity contribution in [1.82, 2.24) is 5.32 Å². The van der Waals surface area contributed by atoms with E-state index in [-0.39, 0.29) is 0 Å². The summed E-state index contributed by atoms with van der Waals surface area (Å²) in [5.41, 5.74) is 0.561. The van der Waals surface area contributed by atoms with Crippen molar-refractivity contribution >= 4 is 0 Å². The molecule has 0 aromatic rings. The van der Waals surface area contributed by atoms with E-state index in [1.54, 1.807) is 0 Å². The molecule has 1 atom stereocenters. The van der Waals surface area contributed by atoms with Crippen molar-refractivity contribution in [2.45, 2.75) is 52.0 Å². The Morgan fingerprint density at radius 3 is 2.38 bits per heavy atom. The number of unbranched alkanes of at least 4 members (excludes halogenated alkanes) is 3. The van der Waals surface area contributed by atoms with Gasteiger partial charge >= 0.3 is 0 Å². The van der Waals surface area contributed by atoms with Crippen LogP contribution in [0.2, 0.25) is 0 Å². The van der Waals surface area contributed by atoms with Gasteiger partial charge in [-0.15, -0.1) is 0 Å². The number of hydrogen-bond donors (Lipinski definition) is 2. The van der Waals surface area contributed by atoms with E-state index in [2.05, 4.69) is 19.2 Å². The summed E-state index contributed by atoms with van der Waals surface area (Å²) in [6.45, 7) is 6.13. The van der Waals surface area contributed by atoms with Crippen LogP contribution in [0.1, 0.15) is 46.0 Å². The highest BCUT2D eigenvalue weighted by molar-refractivity contribution is 5.01. The molecule has 78 valence electrons. The van der Waals surface area contributed by atoms with E-state index in [1.807, 2.05) is 0 Å². The predicted octanol–water partition coefficient (Wildman–Crippen LogP) is 1.93. The Labute approximate surface area is 81.7 Å². The second-order valence-corrected chi connectivity index (χ2v) is 4.84. The minimum absolute atomic E-state index is 0.350. The van der Waals surface area contributed by atoms with Gasteiger partial charge in [0.15, 0.2) is 0 Å². The van der Waals surface area contributed by atoms with Gasteiger partial charge in [0.1, 0.15) is 0 Å². The topological polar surface area (TPSA) is 32.3 Å². The summed E-state index contributed by atoms with van der Waals surface area (Å²) in [7, 11) is 0. The van der Waals surface area contributed by atoms with Crippen LogP contribution in [-0.4, -0.2) is 24.3 Å². The first-order valence-electron chi connectivity index (χ1n) is 5.51. The lowest BCUT2D eigenvalue weighted by molar-refractivity contribution is 0.282. The molecule has 0 amide bonds. The molecule has 2 N–H and O–H groups in total. The van der Waals surface area contributed by atoms with Crippen molar-refractivity contribution < 1.29 is 5.11 Å². The van der Waals surface area contributed by atoms with E-state index < -0.39 is 0 Å². The predicted molar refractivity (Wildman–Crippen MR) is 55.7 cm³/mol.